The maximum absolute atomic E-state index is 12.6. The van der Waals surface area contributed by atoms with Crippen molar-refractivity contribution in [1.82, 2.24) is 4.90 Å². The second-order valence-corrected chi connectivity index (χ2v) is 6.96. The summed E-state index contributed by atoms with van der Waals surface area (Å²) in [5.41, 5.74) is 7.00. The molecule has 1 aliphatic heterocycles. The van der Waals surface area contributed by atoms with Gasteiger partial charge >= 0.3 is 6.03 Å². The summed E-state index contributed by atoms with van der Waals surface area (Å²) < 4.78 is 0. The van der Waals surface area contributed by atoms with Gasteiger partial charge in [-0.3, -0.25) is 0 Å². The van der Waals surface area contributed by atoms with E-state index in [0.29, 0.717) is 0 Å². The zero-order valence-corrected chi connectivity index (χ0v) is 15.6. The van der Waals surface area contributed by atoms with Crippen molar-refractivity contribution in [2.45, 2.75) is 27.7 Å². The highest BCUT2D eigenvalue weighted by atomic mass is 16.2. The lowest BCUT2D eigenvalue weighted by atomic mass is 10.1. The average molecular weight is 337 g/mol. The molecule has 4 heteroatoms. The van der Waals surface area contributed by atoms with Gasteiger partial charge in [-0.25, -0.2) is 4.79 Å². The molecule has 1 saturated heterocycles. The highest BCUT2D eigenvalue weighted by Crippen LogP contribution is 2.23. The van der Waals surface area contributed by atoms with Gasteiger partial charge in [-0.05, 0) is 50.5 Å². The molecule has 1 aliphatic rings. The number of aryl methyl sites for hydroxylation is 4. The number of amides is 2. The van der Waals surface area contributed by atoms with E-state index in [1.165, 1.54) is 16.8 Å². The van der Waals surface area contributed by atoms with Gasteiger partial charge < -0.3 is 15.1 Å². The maximum atomic E-state index is 12.6. The average Bonchev–Trinajstić information content (AvgIpc) is 2.58. The first-order valence-electron chi connectivity index (χ1n) is 8.90. The normalized spacial score (nSPS) is 14.6. The van der Waals surface area contributed by atoms with Crippen molar-refractivity contribution in [2.24, 2.45) is 0 Å². The molecule has 0 aliphatic carbocycles. The lowest BCUT2D eigenvalue weighted by Gasteiger charge is -2.37. The van der Waals surface area contributed by atoms with Crippen molar-refractivity contribution >= 4 is 17.4 Å². The molecular weight excluding hydrogens is 310 g/mol. The van der Waals surface area contributed by atoms with Gasteiger partial charge in [0.2, 0.25) is 0 Å². The Morgan fingerprint density at radius 1 is 0.880 bits per heavy atom. The molecule has 0 saturated carbocycles. The van der Waals surface area contributed by atoms with E-state index in [1.807, 2.05) is 36.9 Å². The van der Waals surface area contributed by atoms with Gasteiger partial charge in [-0.2, -0.15) is 0 Å². The van der Waals surface area contributed by atoms with Gasteiger partial charge in [0, 0.05) is 37.6 Å². The number of benzene rings is 2. The van der Waals surface area contributed by atoms with E-state index in [9.17, 15) is 4.79 Å². The number of carbonyl (C=O) groups is 1. The van der Waals surface area contributed by atoms with Crippen molar-refractivity contribution in [3.05, 3.63) is 58.7 Å². The molecule has 3 rings (SSSR count). The van der Waals surface area contributed by atoms with Crippen LogP contribution in [0.25, 0.3) is 0 Å². The van der Waals surface area contributed by atoms with Crippen LogP contribution >= 0.6 is 0 Å². The Kier molecular flexibility index (Phi) is 4.98. The molecule has 2 aromatic carbocycles. The minimum atomic E-state index is -0.00215. The van der Waals surface area contributed by atoms with Gasteiger partial charge in [-0.1, -0.05) is 35.9 Å². The lowest BCUT2D eigenvalue weighted by Crippen LogP contribution is -2.50. The molecule has 0 radical (unpaired) electrons. The first kappa shape index (κ1) is 17.3. The second-order valence-electron chi connectivity index (χ2n) is 6.96. The lowest BCUT2D eigenvalue weighted by molar-refractivity contribution is 0.208. The molecule has 0 spiro atoms. The summed E-state index contributed by atoms with van der Waals surface area (Å²) >= 11 is 0. The standard InChI is InChI=1S/C21H27N3O/c1-15-8-9-19(18(4)14-15)23-10-12-24(13-11-23)21(25)22-20-16(2)6-5-7-17(20)3/h5-9,14H,10-13H2,1-4H3,(H,22,25). The van der Waals surface area contributed by atoms with E-state index in [2.05, 4.69) is 42.3 Å². The van der Waals surface area contributed by atoms with Crippen molar-refractivity contribution in [1.29, 1.82) is 0 Å². The molecule has 1 fully saturated rings. The number of piperazine rings is 1. The van der Waals surface area contributed by atoms with Crippen LogP contribution in [0.5, 0.6) is 0 Å². The predicted molar refractivity (Wildman–Crippen MR) is 105 cm³/mol. The number of rotatable bonds is 2. The van der Waals surface area contributed by atoms with Crippen LogP contribution in [-0.2, 0) is 0 Å². The Hall–Kier alpha value is -2.49. The van der Waals surface area contributed by atoms with Crippen molar-refractivity contribution < 1.29 is 4.79 Å². The number of nitrogens with one attached hydrogen (secondary N) is 1. The first-order chi connectivity index (χ1) is 12.0. The van der Waals surface area contributed by atoms with E-state index in [-0.39, 0.29) is 6.03 Å². The summed E-state index contributed by atoms with van der Waals surface area (Å²) in [5, 5.41) is 3.09. The Labute approximate surface area is 150 Å². The Bertz CT molecular complexity index is 756. The fourth-order valence-electron chi connectivity index (χ4n) is 3.51. The van der Waals surface area contributed by atoms with E-state index in [0.717, 1.165) is 43.0 Å². The monoisotopic (exact) mass is 337 g/mol. The molecule has 0 unspecified atom stereocenters. The quantitative estimate of drug-likeness (QED) is 0.888. The first-order valence-corrected chi connectivity index (χ1v) is 8.90. The molecule has 25 heavy (non-hydrogen) atoms. The zero-order chi connectivity index (χ0) is 18.0. The van der Waals surface area contributed by atoms with Crippen LogP contribution in [0, 0.1) is 27.7 Å². The highest BCUT2D eigenvalue weighted by molar-refractivity contribution is 5.91. The summed E-state index contributed by atoms with van der Waals surface area (Å²) in [6.45, 7) is 11.5. The zero-order valence-electron chi connectivity index (χ0n) is 15.6. The number of carbonyl (C=O) groups excluding carboxylic acids is 1. The van der Waals surface area contributed by atoms with Crippen molar-refractivity contribution in [3.63, 3.8) is 0 Å². The fraction of sp³-hybridized carbons (Fsp3) is 0.381. The molecule has 2 amide bonds. The van der Waals surface area contributed by atoms with Gasteiger partial charge in [0.15, 0.2) is 0 Å². The second kappa shape index (κ2) is 7.18. The van der Waals surface area contributed by atoms with Crippen LogP contribution in [0.15, 0.2) is 36.4 Å². The highest BCUT2D eigenvalue weighted by Gasteiger charge is 2.22. The van der Waals surface area contributed by atoms with Crippen LogP contribution < -0.4 is 10.2 Å². The molecule has 0 aromatic heterocycles. The Balaban J connectivity index is 1.63. The maximum Gasteiger partial charge on any atom is 0.321 e. The van der Waals surface area contributed by atoms with Gasteiger partial charge in [0.25, 0.3) is 0 Å². The minimum Gasteiger partial charge on any atom is -0.368 e. The molecule has 1 heterocycles. The number of nitrogens with zero attached hydrogens (tertiary/aromatic N) is 2. The number of urea groups is 1. The summed E-state index contributed by atoms with van der Waals surface area (Å²) in [7, 11) is 0. The van der Waals surface area contributed by atoms with E-state index < -0.39 is 0 Å². The number of hydrogen-bond donors (Lipinski definition) is 1. The van der Waals surface area contributed by atoms with Crippen LogP contribution in [0.1, 0.15) is 22.3 Å². The Morgan fingerprint density at radius 2 is 1.52 bits per heavy atom. The molecule has 0 bridgehead atoms. The van der Waals surface area contributed by atoms with Crippen LogP contribution in [0.4, 0.5) is 16.2 Å². The molecule has 1 N–H and O–H groups in total. The van der Waals surface area contributed by atoms with E-state index >= 15 is 0 Å². The number of para-hydroxylation sites is 1. The van der Waals surface area contributed by atoms with Gasteiger partial charge in [0.1, 0.15) is 0 Å². The van der Waals surface area contributed by atoms with E-state index in [1.54, 1.807) is 0 Å². The van der Waals surface area contributed by atoms with Gasteiger partial charge in [0.05, 0.1) is 0 Å². The third-order valence-electron chi connectivity index (χ3n) is 4.97. The van der Waals surface area contributed by atoms with Gasteiger partial charge in [-0.15, -0.1) is 0 Å². The SMILES string of the molecule is Cc1ccc(N2CCN(C(=O)Nc3c(C)cccc3C)CC2)c(C)c1. The topological polar surface area (TPSA) is 35.6 Å². The largest absolute Gasteiger partial charge is 0.368 e. The summed E-state index contributed by atoms with van der Waals surface area (Å²) in [4.78, 5) is 16.9. The number of hydrogen-bond acceptors (Lipinski definition) is 2. The summed E-state index contributed by atoms with van der Waals surface area (Å²) in [6, 6.07) is 12.6. The van der Waals surface area contributed by atoms with Crippen LogP contribution in [-0.4, -0.2) is 37.1 Å². The molecule has 132 valence electrons. The minimum absolute atomic E-state index is 0.00215. The summed E-state index contributed by atoms with van der Waals surface area (Å²) in [6.07, 6.45) is 0. The smallest absolute Gasteiger partial charge is 0.321 e. The van der Waals surface area contributed by atoms with Crippen LogP contribution in [0.2, 0.25) is 0 Å². The van der Waals surface area contributed by atoms with Crippen molar-refractivity contribution in [2.75, 3.05) is 36.4 Å². The fourth-order valence-corrected chi connectivity index (χ4v) is 3.51. The molecular formula is C21H27N3O. The third-order valence-corrected chi connectivity index (χ3v) is 4.97. The molecule has 2 aromatic rings. The van der Waals surface area contributed by atoms with Crippen molar-refractivity contribution in [3.8, 4) is 0 Å². The molecule has 4 nitrogen and oxygen atoms in total. The molecule has 0 atom stereocenters. The number of anilines is 2. The van der Waals surface area contributed by atoms with Crippen LogP contribution in [0.3, 0.4) is 0 Å². The summed E-state index contributed by atoms with van der Waals surface area (Å²) in [5.74, 6) is 0. The Morgan fingerprint density at radius 3 is 2.12 bits per heavy atom. The third kappa shape index (κ3) is 3.78. The van der Waals surface area contributed by atoms with E-state index in [4.69, 9.17) is 0 Å². The predicted octanol–water partition coefficient (Wildman–Crippen LogP) is 4.27.